The van der Waals surface area contributed by atoms with Gasteiger partial charge in [0.05, 0.1) is 5.57 Å². The van der Waals surface area contributed by atoms with Gasteiger partial charge in [0, 0.05) is 5.56 Å². The molecule has 92 valence electrons. The Bertz CT molecular complexity index is 638. The van der Waals surface area contributed by atoms with Crippen LogP contribution in [0.25, 0.3) is 6.08 Å². The number of benzene rings is 2. The highest BCUT2D eigenvalue weighted by Gasteiger charge is 1.92. The van der Waals surface area contributed by atoms with Crippen molar-refractivity contribution in [3.05, 3.63) is 76.9 Å². The average molecular weight is 246 g/mol. The molecule has 0 aromatic heterocycles. The van der Waals surface area contributed by atoms with Crippen molar-refractivity contribution in [1.82, 2.24) is 0 Å². The summed E-state index contributed by atoms with van der Waals surface area (Å²) in [6, 6.07) is 17.6. The van der Waals surface area contributed by atoms with Crippen molar-refractivity contribution in [1.29, 1.82) is 0 Å². The smallest absolute Gasteiger partial charge is 0.158 e. The second kappa shape index (κ2) is 6.37. The fraction of sp³-hybridized carbons (Fsp3) is 0.0556. The third kappa shape index (κ3) is 3.97. The molecule has 0 aliphatic carbocycles. The first-order valence-electron chi connectivity index (χ1n) is 6.08. The Labute approximate surface area is 113 Å². The normalized spacial score (nSPS) is 10.5. The molecule has 0 amide bonds. The maximum absolute atomic E-state index is 11.0. The van der Waals surface area contributed by atoms with Gasteiger partial charge in [0.15, 0.2) is 6.29 Å². The lowest BCUT2D eigenvalue weighted by Crippen LogP contribution is -1.82. The van der Waals surface area contributed by atoms with E-state index in [1.165, 1.54) is 5.56 Å². The van der Waals surface area contributed by atoms with Crippen LogP contribution in [0.2, 0.25) is 0 Å². The number of carbonyl (C=O) groups is 1. The molecule has 0 unspecified atom stereocenters. The van der Waals surface area contributed by atoms with Gasteiger partial charge >= 0.3 is 0 Å². The molecular formula is C18H14O. The maximum atomic E-state index is 11.0. The summed E-state index contributed by atoms with van der Waals surface area (Å²) in [5.74, 6) is 5.89. The van der Waals surface area contributed by atoms with Crippen molar-refractivity contribution >= 4 is 12.4 Å². The molecule has 2 aromatic rings. The Morgan fingerprint density at radius 2 is 1.68 bits per heavy atom. The number of allylic oxidation sites excluding steroid dienone is 1. The number of hydrogen-bond acceptors (Lipinski definition) is 1. The zero-order valence-corrected chi connectivity index (χ0v) is 10.8. The number of aldehydes is 1. The summed E-state index contributed by atoms with van der Waals surface area (Å²) < 4.78 is 0. The predicted molar refractivity (Wildman–Crippen MR) is 78.5 cm³/mol. The molecule has 1 heteroatoms. The average Bonchev–Trinajstić information content (AvgIpc) is 2.46. The first-order chi connectivity index (χ1) is 9.28. The van der Waals surface area contributed by atoms with E-state index < -0.39 is 0 Å². The van der Waals surface area contributed by atoms with Crippen LogP contribution in [0.5, 0.6) is 0 Å². The fourth-order valence-electron chi connectivity index (χ4n) is 1.61. The lowest BCUT2D eigenvalue weighted by atomic mass is 10.1. The van der Waals surface area contributed by atoms with Crippen molar-refractivity contribution in [2.45, 2.75) is 6.92 Å². The quantitative estimate of drug-likeness (QED) is 0.449. The summed E-state index contributed by atoms with van der Waals surface area (Å²) in [5, 5.41) is 0. The van der Waals surface area contributed by atoms with Gasteiger partial charge in [-0.1, -0.05) is 59.9 Å². The van der Waals surface area contributed by atoms with Gasteiger partial charge in [0.2, 0.25) is 0 Å². The Morgan fingerprint density at radius 1 is 1.00 bits per heavy atom. The molecule has 1 nitrogen and oxygen atoms in total. The third-order valence-electron chi connectivity index (χ3n) is 2.65. The van der Waals surface area contributed by atoms with Crippen LogP contribution in [0.15, 0.2) is 60.2 Å². The van der Waals surface area contributed by atoms with Gasteiger partial charge < -0.3 is 0 Å². The molecule has 2 rings (SSSR count). The second-order valence-electron chi connectivity index (χ2n) is 4.24. The van der Waals surface area contributed by atoms with Crippen LogP contribution in [0.1, 0.15) is 16.7 Å². The van der Waals surface area contributed by atoms with Crippen LogP contribution in [-0.4, -0.2) is 6.29 Å². The van der Waals surface area contributed by atoms with Gasteiger partial charge in [0.25, 0.3) is 0 Å². The van der Waals surface area contributed by atoms with E-state index in [-0.39, 0.29) is 0 Å². The molecule has 0 saturated carbocycles. The van der Waals surface area contributed by atoms with E-state index in [9.17, 15) is 4.79 Å². The zero-order valence-electron chi connectivity index (χ0n) is 10.8. The molecule has 0 saturated heterocycles. The van der Waals surface area contributed by atoms with E-state index in [0.717, 1.165) is 17.4 Å². The molecule has 0 radical (unpaired) electrons. The zero-order chi connectivity index (χ0) is 13.5. The van der Waals surface area contributed by atoms with Crippen molar-refractivity contribution in [2.24, 2.45) is 0 Å². The number of rotatable bonds is 2. The number of aryl methyl sites for hydroxylation is 1. The van der Waals surface area contributed by atoms with Crippen LogP contribution < -0.4 is 0 Å². The van der Waals surface area contributed by atoms with Crippen LogP contribution >= 0.6 is 0 Å². The SMILES string of the molecule is Cc1ccc(C#C/C(C=O)=C\c2ccccc2)cc1. The molecule has 0 atom stereocenters. The largest absolute Gasteiger partial charge is 0.297 e. The van der Waals surface area contributed by atoms with E-state index in [0.29, 0.717) is 5.57 Å². The molecule has 0 aliphatic rings. The second-order valence-corrected chi connectivity index (χ2v) is 4.24. The van der Waals surface area contributed by atoms with Crippen molar-refractivity contribution in [2.75, 3.05) is 0 Å². The topological polar surface area (TPSA) is 17.1 Å². The van der Waals surface area contributed by atoms with E-state index in [4.69, 9.17) is 0 Å². The number of hydrogen-bond donors (Lipinski definition) is 0. The van der Waals surface area contributed by atoms with Crippen molar-refractivity contribution in [3.63, 3.8) is 0 Å². The molecule has 0 bridgehead atoms. The summed E-state index contributed by atoms with van der Waals surface area (Å²) in [6.45, 7) is 2.03. The molecular weight excluding hydrogens is 232 g/mol. The summed E-state index contributed by atoms with van der Waals surface area (Å²) >= 11 is 0. The Morgan fingerprint density at radius 3 is 2.32 bits per heavy atom. The molecule has 2 aromatic carbocycles. The van der Waals surface area contributed by atoms with Crippen molar-refractivity contribution in [3.8, 4) is 11.8 Å². The minimum Gasteiger partial charge on any atom is -0.297 e. The van der Waals surface area contributed by atoms with Gasteiger partial charge in [-0.2, -0.15) is 0 Å². The van der Waals surface area contributed by atoms with Crippen LogP contribution in [0.4, 0.5) is 0 Å². The molecule has 19 heavy (non-hydrogen) atoms. The van der Waals surface area contributed by atoms with Crippen LogP contribution in [-0.2, 0) is 4.79 Å². The highest BCUT2D eigenvalue weighted by molar-refractivity contribution is 5.88. The predicted octanol–water partition coefficient (Wildman–Crippen LogP) is 3.63. The standard InChI is InChI=1S/C18H14O/c1-15-7-9-16(10-8-15)11-12-18(14-19)13-17-5-3-2-4-6-17/h2-10,13-14H,1H3/b18-13+. The highest BCUT2D eigenvalue weighted by atomic mass is 16.1. The lowest BCUT2D eigenvalue weighted by molar-refractivity contribution is -0.104. The first kappa shape index (κ1) is 12.9. The van der Waals surface area contributed by atoms with Gasteiger partial charge in [-0.25, -0.2) is 0 Å². The molecule has 0 fully saturated rings. The Hall–Kier alpha value is -2.59. The molecule has 0 spiro atoms. The van der Waals surface area contributed by atoms with Gasteiger partial charge in [-0.15, -0.1) is 0 Å². The minimum absolute atomic E-state index is 0.478. The first-order valence-corrected chi connectivity index (χ1v) is 6.08. The molecule has 0 heterocycles. The van der Waals surface area contributed by atoms with Gasteiger partial charge in [0.1, 0.15) is 0 Å². The Kier molecular flexibility index (Phi) is 4.31. The third-order valence-corrected chi connectivity index (χ3v) is 2.65. The van der Waals surface area contributed by atoms with E-state index in [2.05, 4.69) is 11.8 Å². The lowest BCUT2D eigenvalue weighted by Gasteiger charge is -1.93. The van der Waals surface area contributed by atoms with E-state index >= 15 is 0 Å². The van der Waals surface area contributed by atoms with E-state index in [1.54, 1.807) is 6.08 Å². The van der Waals surface area contributed by atoms with E-state index in [1.807, 2.05) is 61.5 Å². The summed E-state index contributed by atoms with van der Waals surface area (Å²) in [7, 11) is 0. The van der Waals surface area contributed by atoms with Crippen LogP contribution in [0.3, 0.4) is 0 Å². The summed E-state index contributed by atoms with van der Waals surface area (Å²) in [5.41, 5.74) is 3.56. The summed E-state index contributed by atoms with van der Waals surface area (Å²) in [6.07, 6.45) is 2.57. The van der Waals surface area contributed by atoms with Crippen LogP contribution in [0, 0.1) is 18.8 Å². The maximum Gasteiger partial charge on any atom is 0.158 e. The Balaban J connectivity index is 2.23. The summed E-state index contributed by atoms with van der Waals surface area (Å²) in [4.78, 5) is 11.0. The highest BCUT2D eigenvalue weighted by Crippen LogP contribution is 2.05. The fourth-order valence-corrected chi connectivity index (χ4v) is 1.61. The van der Waals surface area contributed by atoms with Gasteiger partial charge in [-0.3, -0.25) is 4.79 Å². The molecule has 0 N–H and O–H groups in total. The van der Waals surface area contributed by atoms with Gasteiger partial charge in [-0.05, 0) is 30.7 Å². The minimum atomic E-state index is 0.478. The van der Waals surface area contributed by atoms with Crippen molar-refractivity contribution < 1.29 is 4.79 Å². The monoisotopic (exact) mass is 246 g/mol. The molecule has 0 aliphatic heterocycles. The number of carbonyl (C=O) groups excluding carboxylic acids is 1.